The number of rotatable bonds is 1. The van der Waals surface area contributed by atoms with Gasteiger partial charge in [-0.3, -0.25) is 0 Å². The van der Waals surface area contributed by atoms with Crippen molar-refractivity contribution < 1.29 is 0 Å². The summed E-state index contributed by atoms with van der Waals surface area (Å²) in [5.41, 5.74) is 2.40. The van der Waals surface area contributed by atoms with Gasteiger partial charge < -0.3 is 4.90 Å². The van der Waals surface area contributed by atoms with E-state index in [1.807, 2.05) is 6.92 Å². The van der Waals surface area contributed by atoms with E-state index in [-0.39, 0.29) is 0 Å². The Kier molecular flexibility index (Phi) is 2.59. The molecule has 1 fully saturated rings. The van der Waals surface area contributed by atoms with Gasteiger partial charge in [0.2, 0.25) is 5.95 Å². The van der Waals surface area contributed by atoms with Crippen molar-refractivity contribution in [3.8, 4) is 0 Å². The molecule has 1 saturated heterocycles. The first kappa shape index (κ1) is 10.4. The molecule has 0 radical (unpaired) electrons. The maximum Gasteiger partial charge on any atom is 0.227 e. The molecule has 0 saturated carbocycles. The van der Waals surface area contributed by atoms with Gasteiger partial charge in [-0.2, -0.15) is 4.98 Å². The molecule has 0 atom stereocenters. The second-order valence-electron chi connectivity index (χ2n) is 4.39. The van der Waals surface area contributed by atoms with Crippen molar-refractivity contribution in [1.29, 1.82) is 0 Å². The predicted molar refractivity (Wildman–Crippen MR) is 65.9 cm³/mol. The van der Waals surface area contributed by atoms with Crippen molar-refractivity contribution in [3.63, 3.8) is 0 Å². The zero-order valence-corrected chi connectivity index (χ0v) is 9.93. The van der Waals surface area contributed by atoms with Crippen LogP contribution < -0.4 is 4.90 Å². The molecule has 1 aliphatic heterocycles. The van der Waals surface area contributed by atoms with Crippen LogP contribution in [-0.4, -0.2) is 33.0 Å². The van der Waals surface area contributed by atoms with Crippen molar-refractivity contribution in [1.82, 2.24) is 19.9 Å². The highest BCUT2D eigenvalue weighted by Crippen LogP contribution is 2.18. The SMILES string of the molecule is Cc1nc(N2CCCCC2)nc2nccnc12. The van der Waals surface area contributed by atoms with Crippen molar-refractivity contribution in [2.45, 2.75) is 26.2 Å². The van der Waals surface area contributed by atoms with E-state index in [0.717, 1.165) is 30.2 Å². The van der Waals surface area contributed by atoms with Crippen molar-refractivity contribution >= 4 is 17.1 Å². The Morgan fingerprint density at radius 2 is 1.76 bits per heavy atom. The van der Waals surface area contributed by atoms with Gasteiger partial charge in [-0.15, -0.1) is 0 Å². The minimum Gasteiger partial charge on any atom is -0.341 e. The number of hydrogen-bond donors (Lipinski definition) is 0. The van der Waals surface area contributed by atoms with E-state index in [2.05, 4.69) is 24.8 Å². The summed E-state index contributed by atoms with van der Waals surface area (Å²) in [6, 6.07) is 0. The number of anilines is 1. The Morgan fingerprint density at radius 3 is 2.59 bits per heavy atom. The Balaban J connectivity index is 2.05. The van der Waals surface area contributed by atoms with E-state index >= 15 is 0 Å². The molecule has 0 spiro atoms. The van der Waals surface area contributed by atoms with Crippen LogP contribution in [0.1, 0.15) is 25.0 Å². The fourth-order valence-corrected chi connectivity index (χ4v) is 2.23. The van der Waals surface area contributed by atoms with Gasteiger partial charge in [-0.1, -0.05) is 0 Å². The highest BCUT2D eigenvalue weighted by atomic mass is 15.3. The third kappa shape index (κ3) is 1.92. The maximum absolute atomic E-state index is 4.54. The average Bonchev–Trinajstić information content (AvgIpc) is 2.40. The van der Waals surface area contributed by atoms with E-state index in [1.165, 1.54) is 19.3 Å². The molecule has 17 heavy (non-hydrogen) atoms. The molecule has 88 valence electrons. The lowest BCUT2D eigenvalue weighted by molar-refractivity contribution is 0.568. The van der Waals surface area contributed by atoms with Crippen molar-refractivity contribution in [3.05, 3.63) is 18.1 Å². The Bertz CT molecular complexity index is 533. The highest BCUT2D eigenvalue weighted by Gasteiger charge is 2.15. The van der Waals surface area contributed by atoms with Crippen LogP contribution >= 0.6 is 0 Å². The zero-order valence-electron chi connectivity index (χ0n) is 9.93. The number of fused-ring (bicyclic) bond motifs is 1. The van der Waals surface area contributed by atoms with Crippen molar-refractivity contribution in [2.24, 2.45) is 0 Å². The normalized spacial score (nSPS) is 16.4. The summed E-state index contributed by atoms with van der Waals surface area (Å²) < 4.78 is 0. The first-order valence-electron chi connectivity index (χ1n) is 6.05. The monoisotopic (exact) mass is 229 g/mol. The second kappa shape index (κ2) is 4.24. The molecule has 0 unspecified atom stereocenters. The Labute approximate surface area is 99.9 Å². The molecule has 1 aliphatic rings. The lowest BCUT2D eigenvalue weighted by atomic mass is 10.1. The lowest BCUT2D eigenvalue weighted by Crippen LogP contribution is -2.31. The van der Waals surface area contributed by atoms with E-state index in [1.54, 1.807) is 12.4 Å². The van der Waals surface area contributed by atoms with Gasteiger partial charge in [0.15, 0.2) is 5.65 Å². The third-order valence-electron chi connectivity index (χ3n) is 3.13. The number of aryl methyl sites for hydroxylation is 1. The van der Waals surface area contributed by atoms with Gasteiger partial charge in [0, 0.05) is 25.5 Å². The lowest BCUT2D eigenvalue weighted by Gasteiger charge is -2.26. The van der Waals surface area contributed by atoms with Crippen LogP contribution in [0.25, 0.3) is 11.2 Å². The standard InChI is InChI=1S/C12H15N5/c1-9-10-11(14-6-5-13-10)16-12(15-9)17-7-3-2-4-8-17/h5-6H,2-4,7-8H2,1H3. The van der Waals surface area contributed by atoms with Gasteiger partial charge in [-0.25, -0.2) is 15.0 Å². The molecule has 5 nitrogen and oxygen atoms in total. The Hall–Kier alpha value is -1.78. The smallest absolute Gasteiger partial charge is 0.227 e. The van der Waals surface area contributed by atoms with Gasteiger partial charge in [0.1, 0.15) is 5.52 Å². The van der Waals surface area contributed by atoms with Gasteiger partial charge >= 0.3 is 0 Å². The molecular weight excluding hydrogens is 214 g/mol. The molecule has 0 aliphatic carbocycles. The second-order valence-corrected chi connectivity index (χ2v) is 4.39. The molecule has 0 aromatic carbocycles. The largest absolute Gasteiger partial charge is 0.341 e. The van der Waals surface area contributed by atoms with Crippen molar-refractivity contribution in [2.75, 3.05) is 18.0 Å². The van der Waals surface area contributed by atoms with Gasteiger partial charge in [0.05, 0.1) is 5.69 Å². The Morgan fingerprint density at radius 1 is 1.00 bits per heavy atom. The number of nitrogens with zero attached hydrogens (tertiary/aromatic N) is 5. The van der Waals surface area contributed by atoms with Crippen LogP contribution in [0.4, 0.5) is 5.95 Å². The highest BCUT2D eigenvalue weighted by molar-refractivity contribution is 5.73. The summed E-state index contributed by atoms with van der Waals surface area (Å²) in [5, 5.41) is 0. The molecule has 0 N–H and O–H groups in total. The molecular formula is C12H15N5. The average molecular weight is 229 g/mol. The van der Waals surface area contributed by atoms with E-state index in [0.29, 0.717) is 5.65 Å². The molecule has 0 amide bonds. The fraction of sp³-hybridized carbons (Fsp3) is 0.500. The summed E-state index contributed by atoms with van der Waals surface area (Å²) in [7, 11) is 0. The fourth-order valence-electron chi connectivity index (χ4n) is 2.23. The molecule has 3 rings (SSSR count). The van der Waals surface area contributed by atoms with Crippen LogP contribution in [0.2, 0.25) is 0 Å². The summed E-state index contributed by atoms with van der Waals surface area (Å²) in [6.45, 7) is 4.06. The van der Waals surface area contributed by atoms with Gasteiger partial charge in [-0.05, 0) is 26.2 Å². The summed E-state index contributed by atoms with van der Waals surface area (Å²) in [5.74, 6) is 0.801. The summed E-state index contributed by atoms with van der Waals surface area (Å²) in [4.78, 5) is 19.8. The van der Waals surface area contributed by atoms with Crippen LogP contribution in [0, 0.1) is 6.92 Å². The molecule has 3 heterocycles. The van der Waals surface area contributed by atoms with Crippen LogP contribution in [0.3, 0.4) is 0 Å². The number of piperidine rings is 1. The number of aromatic nitrogens is 4. The third-order valence-corrected chi connectivity index (χ3v) is 3.13. The van der Waals surface area contributed by atoms with E-state index < -0.39 is 0 Å². The first-order chi connectivity index (χ1) is 8.34. The van der Waals surface area contributed by atoms with Crippen LogP contribution in [-0.2, 0) is 0 Å². The van der Waals surface area contributed by atoms with Crippen LogP contribution in [0.15, 0.2) is 12.4 Å². The zero-order chi connectivity index (χ0) is 11.7. The molecule has 2 aromatic heterocycles. The predicted octanol–water partition coefficient (Wildman–Crippen LogP) is 1.72. The maximum atomic E-state index is 4.54. The first-order valence-corrected chi connectivity index (χ1v) is 6.05. The topological polar surface area (TPSA) is 54.8 Å². The molecule has 0 bridgehead atoms. The van der Waals surface area contributed by atoms with E-state index in [4.69, 9.17) is 0 Å². The minimum absolute atomic E-state index is 0.695. The summed E-state index contributed by atoms with van der Waals surface area (Å²) >= 11 is 0. The minimum atomic E-state index is 0.695. The van der Waals surface area contributed by atoms with E-state index in [9.17, 15) is 0 Å². The molecule has 2 aromatic rings. The van der Waals surface area contributed by atoms with Crippen LogP contribution in [0.5, 0.6) is 0 Å². The summed E-state index contributed by atoms with van der Waals surface area (Å²) in [6.07, 6.45) is 7.11. The quantitative estimate of drug-likeness (QED) is 0.745. The number of hydrogen-bond acceptors (Lipinski definition) is 5. The molecule has 5 heteroatoms. The van der Waals surface area contributed by atoms with Gasteiger partial charge in [0.25, 0.3) is 0 Å².